The summed E-state index contributed by atoms with van der Waals surface area (Å²) < 4.78 is 23.8. The lowest BCUT2D eigenvalue weighted by molar-refractivity contribution is -0.104. The Morgan fingerprint density at radius 1 is 0.926 bits per heavy atom. The highest BCUT2D eigenvalue weighted by atomic mass is 28.4. The number of para-hydroxylation sites is 1. The minimum atomic E-state index is -2.00. The van der Waals surface area contributed by atoms with E-state index in [0.29, 0.717) is 17.9 Å². The zero-order valence-corrected chi connectivity index (χ0v) is 37.5. The number of allylic oxidation sites excluding steroid dienone is 4. The van der Waals surface area contributed by atoms with Gasteiger partial charge in [-0.1, -0.05) is 97.2 Å². The Labute approximate surface area is 329 Å². The van der Waals surface area contributed by atoms with Crippen molar-refractivity contribution in [1.29, 1.82) is 0 Å². The van der Waals surface area contributed by atoms with E-state index in [0.717, 1.165) is 37.5 Å². The summed E-state index contributed by atoms with van der Waals surface area (Å²) in [5.74, 6) is 1.62. The first kappa shape index (κ1) is 42.8. The van der Waals surface area contributed by atoms with Gasteiger partial charge < -0.3 is 18.6 Å². The van der Waals surface area contributed by atoms with Crippen molar-refractivity contribution in [3.63, 3.8) is 0 Å². The number of ether oxygens (including phenoxy) is 3. The first-order valence-electron chi connectivity index (χ1n) is 21.2. The van der Waals surface area contributed by atoms with Crippen molar-refractivity contribution in [2.45, 2.75) is 178 Å². The second kappa shape index (κ2) is 15.5. The maximum atomic E-state index is 13.9. The summed E-state index contributed by atoms with van der Waals surface area (Å²) in [6.07, 6.45) is 12.6. The zero-order chi connectivity index (χ0) is 40.1. The quantitative estimate of drug-likeness (QED) is 0.0967. The molecule has 0 unspecified atom stereocenters. The lowest BCUT2D eigenvalue weighted by Crippen LogP contribution is -2.55. The third-order valence-electron chi connectivity index (χ3n) is 15.9. The zero-order valence-electron chi connectivity index (χ0n) is 36.5. The number of hydrogen-bond acceptors (Lipinski definition) is 6. The molecule has 2 fully saturated rings. The number of benzene rings is 1. The number of rotatable bonds is 11. The minimum Gasteiger partial charge on any atom is -0.458 e. The molecular weight excluding hydrogens is 689 g/mol. The van der Waals surface area contributed by atoms with Crippen LogP contribution in [0.1, 0.15) is 158 Å². The average Bonchev–Trinajstić information content (AvgIpc) is 3.35. The van der Waals surface area contributed by atoms with Gasteiger partial charge in [-0.15, -0.1) is 0 Å². The van der Waals surface area contributed by atoms with E-state index in [9.17, 15) is 9.59 Å². The largest absolute Gasteiger partial charge is 0.514 e. The number of fused-ring (bicyclic) bond motifs is 4. The van der Waals surface area contributed by atoms with Gasteiger partial charge in [0, 0.05) is 5.41 Å². The summed E-state index contributed by atoms with van der Waals surface area (Å²) >= 11 is 0. The molecule has 7 heteroatoms. The highest BCUT2D eigenvalue weighted by Gasteiger charge is 2.63. The molecule has 0 spiro atoms. The van der Waals surface area contributed by atoms with Crippen LogP contribution in [-0.4, -0.2) is 39.3 Å². The number of esters is 1. The smallest absolute Gasteiger partial charge is 0.458 e. The van der Waals surface area contributed by atoms with Crippen LogP contribution in [0.2, 0.25) is 18.1 Å². The van der Waals surface area contributed by atoms with Gasteiger partial charge in [0.25, 0.3) is 0 Å². The molecule has 6 nitrogen and oxygen atoms in total. The summed E-state index contributed by atoms with van der Waals surface area (Å²) in [5.41, 5.74) is 5.71. The van der Waals surface area contributed by atoms with E-state index in [1.165, 1.54) is 44.1 Å². The van der Waals surface area contributed by atoms with Crippen molar-refractivity contribution in [3.05, 3.63) is 52.6 Å². The van der Waals surface area contributed by atoms with E-state index in [4.69, 9.17) is 18.6 Å². The Morgan fingerprint density at radius 3 is 2.28 bits per heavy atom. The molecule has 0 aliphatic heterocycles. The van der Waals surface area contributed by atoms with Gasteiger partial charge in [-0.05, 0) is 149 Å². The highest BCUT2D eigenvalue weighted by Crippen LogP contribution is 2.72. The molecular formula is C47H74O6Si. The third kappa shape index (κ3) is 7.93. The predicted molar refractivity (Wildman–Crippen MR) is 222 cm³/mol. The first-order chi connectivity index (χ1) is 25.0. The van der Waals surface area contributed by atoms with Gasteiger partial charge in [0.1, 0.15) is 23.5 Å². The van der Waals surface area contributed by atoms with Gasteiger partial charge in [0.05, 0.1) is 6.61 Å². The summed E-state index contributed by atoms with van der Waals surface area (Å²) in [4.78, 5) is 26.8. The van der Waals surface area contributed by atoms with E-state index < -0.39 is 26.5 Å². The average molecular weight is 763 g/mol. The molecule has 0 radical (unpaired) electrons. The normalized spacial score (nSPS) is 31.7. The van der Waals surface area contributed by atoms with Gasteiger partial charge in [0.2, 0.25) is 0 Å². The molecule has 302 valence electrons. The van der Waals surface area contributed by atoms with Crippen LogP contribution in [-0.2, 0) is 13.9 Å². The van der Waals surface area contributed by atoms with Crippen LogP contribution in [0, 0.1) is 39.4 Å². The Balaban J connectivity index is 1.26. The Hall–Kier alpha value is -2.38. The molecule has 4 aliphatic rings. The summed E-state index contributed by atoms with van der Waals surface area (Å²) in [7, 11) is -2.00. The first-order valence-corrected chi connectivity index (χ1v) is 24.1. The van der Waals surface area contributed by atoms with Crippen molar-refractivity contribution in [3.8, 4) is 5.75 Å². The summed E-state index contributed by atoms with van der Waals surface area (Å²) in [6.45, 7) is 32.4. The molecule has 0 bridgehead atoms. The Kier molecular flexibility index (Phi) is 12.3. The molecule has 0 amide bonds. The van der Waals surface area contributed by atoms with Crippen molar-refractivity contribution in [2.24, 2.45) is 39.4 Å². The molecule has 0 aromatic heterocycles. The minimum absolute atomic E-state index is 0.0506. The molecule has 0 N–H and O–H groups in total. The standard InChI is InChI=1S/C47H74O6Si/c1-31(2)18-17-19-32(3)35-24-28-47(12)37-22-23-39-44(8,9)40(26-27-45(39,10)36(37)25-29-46(35,47)11)53-41(48)34-20-15-16-21-38(34)52-42(49)51-33(4)30-50-54(13,14)43(5,6)7/h15-16,18,20-21,32-33,35,39-40H,17,19,22-30H2,1-14H3/t32-,33+,35-,39+,40+,45-,46-,47+/m1/s1. The molecule has 1 aromatic rings. The van der Waals surface area contributed by atoms with Crippen LogP contribution in [0.3, 0.4) is 0 Å². The van der Waals surface area contributed by atoms with Crippen LogP contribution in [0.15, 0.2) is 47.1 Å². The second-order valence-corrected chi connectivity index (χ2v) is 25.6. The van der Waals surface area contributed by atoms with Gasteiger partial charge in [0.15, 0.2) is 8.32 Å². The van der Waals surface area contributed by atoms with Gasteiger partial charge in [-0.2, -0.15) is 0 Å². The number of carbonyl (C=O) groups excluding carboxylic acids is 2. The molecule has 0 heterocycles. The van der Waals surface area contributed by atoms with Crippen LogP contribution in [0.25, 0.3) is 0 Å². The van der Waals surface area contributed by atoms with E-state index in [2.05, 4.69) is 95.3 Å². The Morgan fingerprint density at radius 2 is 1.61 bits per heavy atom. The van der Waals surface area contributed by atoms with Crippen LogP contribution < -0.4 is 4.74 Å². The van der Waals surface area contributed by atoms with Crippen molar-refractivity contribution < 1.29 is 28.2 Å². The second-order valence-electron chi connectivity index (χ2n) is 20.8. The number of hydrogen-bond donors (Lipinski definition) is 0. The SMILES string of the molecule is CC(C)=CCC[C@@H](C)[C@H]1CC[C@@]2(C)C3=C(CC[C@]12C)[C@@]1(C)CC[C@H](OC(=O)c2ccccc2OC(=O)O[C@@H](C)CO[Si](C)(C)C(C)(C)C)C(C)(C)[C@@H]1CC3. The molecule has 54 heavy (non-hydrogen) atoms. The lowest BCUT2D eigenvalue weighted by atomic mass is 9.43. The molecule has 8 atom stereocenters. The predicted octanol–water partition coefficient (Wildman–Crippen LogP) is 13.3. The molecule has 5 rings (SSSR count). The fourth-order valence-corrected chi connectivity index (χ4v) is 12.5. The lowest BCUT2D eigenvalue weighted by Gasteiger charge is -2.62. The molecule has 0 saturated heterocycles. The van der Waals surface area contributed by atoms with E-state index in [1.807, 2.05) is 0 Å². The van der Waals surface area contributed by atoms with E-state index >= 15 is 0 Å². The van der Waals surface area contributed by atoms with E-state index in [1.54, 1.807) is 42.3 Å². The van der Waals surface area contributed by atoms with Gasteiger partial charge in [-0.25, -0.2) is 9.59 Å². The topological polar surface area (TPSA) is 71.1 Å². The third-order valence-corrected chi connectivity index (χ3v) is 20.4. The van der Waals surface area contributed by atoms with Crippen LogP contribution in [0.5, 0.6) is 5.75 Å². The monoisotopic (exact) mass is 763 g/mol. The Bertz CT molecular complexity index is 1610. The van der Waals surface area contributed by atoms with Gasteiger partial charge >= 0.3 is 12.1 Å². The summed E-state index contributed by atoms with van der Waals surface area (Å²) in [6, 6.07) is 6.82. The fourth-order valence-electron chi connectivity index (χ4n) is 11.4. The maximum Gasteiger partial charge on any atom is 0.514 e. The van der Waals surface area contributed by atoms with Crippen LogP contribution >= 0.6 is 0 Å². The summed E-state index contributed by atoms with van der Waals surface area (Å²) in [5, 5.41) is 0.0506. The maximum absolute atomic E-state index is 13.9. The van der Waals surface area contributed by atoms with Gasteiger partial charge in [-0.3, -0.25) is 0 Å². The van der Waals surface area contributed by atoms with Crippen molar-refractivity contribution in [1.82, 2.24) is 0 Å². The molecule has 1 aromatic carbocycles. The molecule has 2 saturated carbocycles. The molecule has 4 aliphatic carbocycles. The fraction of sp³-hybridized carbons (Fsp3) is 0.745. The number of carbonyl (C=O) groups is 2. The van der Waals surface area contributed by atoms with E-state index in [-0.39, 0.29) is 38.7 Å². The van der Waals surface area contributed by atoms with Crippen molar-refractivity contribution >= 4 is 20.4 Å². The highest BCUT2D eigenvalue weighted by molar-refractivity contribution is 6.74. The van der Waals surface area contributed by atoms with Crippen molar-refractivity contribution in [2.75, 3.05) is 6.61 Å². The van der Waals surface area contributed by atoms with Crippen LogP contribution in [0.4, 0.5) is 4.79 Å².